The van der Waals surface area contributed by atoms with E-state index in [2.05, 4.69) is 9.84 Å². The van der Waals surface area contributed by atoms with Gasteiger partial charge in [0.2, 0.25) is 0 Å². The van der Waals surface area contributed by atoms with Crippen LogP contribution in [0.4, 0.5) is 19.0 Å². The molecule has 8 heteroatoms. The molecular formula is C9H12F3N3O2. The highest BCUT2D eigenvalue weighted by Gasteiger charge is 2.27. The van der Waals surface area contributed by atoms with Gasteiger partial charge >= 0.3 is 12.1 Å². The lowest BCUT2D eigenvalue weighted by Crippen LogP contribution is -2.15. The molecule has 1 heterocycles. The normalized spacial score (nSPS) is 11.5. The predicted octanol–water partition coefficient (Wildman–Crippen LogP) is 1.59. The lowest BCUT2D eigenvalue weighted by Gasteiger charge is -2.07. The van der Waals surface area contributed by atoms with E-state index in [1.165, 1.54) is 0 Å². The first-order valence-electron chi connectivity index (χ1n) is 4.90. The van der Waals surface area contributed by atoms with Crippen molar-refractivity contribution in [1.82, 2.24) is 9.78 Å². The molecule has 0 aliphatic carbocycles. The largest absolute Gasteiger partial charge is 0.462 e. The third-order valence-electron chi connectivity index (χ3n) is 1.98. The number of nitrogens with two attached hydrogens (primary N) is 1. The number of aryl methyl sites for hydroxylation is 1. The molecule has 1 rings (SSSR count). The van der Waals surface area contributed by atoms with E-state index in [1.54, 1.807) is 6.92 Å². The van der Waals surface area contributed by atoms with Crippen LogP contribution in [0, 0.1) is 0 Å². The zero-order chi connectivity index (χ0) is 13.1. The van der Waals surface area contributed by atoms with Gasteiger partial charge in [0, 0.05) is 0 Å². The van der Waals surface area contributed by atoms with Crippen LogP contribution < -0.4 is 5.73 Å². The van der Waals surface area contributed by atoms with Gasteiger partial charge in [0.1, 0.15) is 11.4 Å². The molecule has 0 aromatic carbocycles. The maximum Gasteiger partial charge on any atom is 0.390 e. The molecule has 0 fully saturated rings. The van der Waals surface area contributed by atoms with E-state index in [4.69, 9.17) is 5.73 Å². The van der Waals surface area contributed by atoms with Crippen molar-refractivity contribution in [3.63, 3.8) is 0 Å². The molecule has 0 radical (unpaired) electrons. The molecule has 1 aromatic rings. The zero-order valence-corrected chi connectivity index (χ0v) is 9.12. The SMILES string of the molecule is CCOC(=O)c1cnn(CCC(F)(F)F)c1N. The van der Waals surface area contributed by atoms with Crippen molar-refractivity contribution in [1.29, 1.82) is 0 Å². The number of esters is 1. The first kappa shape index (κ1) is 13.3. The van der Waals surface area contributed by atoms with Crippen molar-refractivity contribution in [2.75, 3.05) is 12.3 Å². The first-order chi connectivity index (χ1) is 7.85. The summed E-state index contributed by atoms with van der Waals surface area (Å²) in [6.07, 6.45) is -4.24. The van der Waals surface area contributed by atoms with Gasteiger partial charge in [-0.25, -0.2) is 9.48 Å². The van der Waals surface area contributed by atoms with Crippen molar-refractivity contribution in [3.05, 3.63) is 11.8 Å². The minimum Gasteiger partial charge on any atom is -0.462 e. The fourth-order valence-corrected chi connectivity index (χ4v) is 1.17. The Labute approximate surface area is 95.3 Å². The van der Waals surface area contributed by atoms with Crippen LogP contribution in [0.25, 0.3) is 0 Å². The van der Waals surface area contributed by atoms with E-state index in [-0.39, 0.29) is 18.0 Å². The van der Waals surface area contributed by atoms with E-state index in [1.807, 2.05) is 0 Å². The maximum atomic E-state index is 12.0. The van der Waals surface area contributed by atoms with Crippen molar-refractivity contribution in [2.45, 2.75) is 26.1 Å². The molecule has 0 unspecified atom stereocenters. The average molecular weight is 251 g/mol. The van der Waals surface area contributed by atoms with E-state index < -0.39 is 25.1 Å². The second kappa shape index (κ2) is 5.07. The van der Waals surface area contributed by atoms with E-state index in [0.717, 1.165) is 10.9 Å². The molecule has 0 bridgehead atoms. The quantitative estimate of drug-likeness (QED) is 0.825. The Balaban J connectivity index is 2.74. The Kier molecular flexibility index (Phi) is 3.97. The smallest absolute Gasteiger partial charge is 0.390 e. The molecule has 0 atom stereocenters. The lowest BCUT2D eigenvalue weighted by atomic mass is 10.3. The number of anilines is 1. The summed E-state index contributed by atoms with van der Waals surface area (Å²) in [6, 6.07) is 0. The second-order valence-electron chi connectivity index (χ2n) is 3.25. The van der Waals surface area contributed by atoms with Crippen LogP contribution in [-0.2, 0) is 11.3 Å². The number of hydrogen-bond acceptors (Lipinski definition) is 4. The van der Waals surface area contributed by atoms with Gasteiger partial charge in [-0.15, -0.1) is 0 Å². The summed E-state index contributed by atoms with van der Waals surface area (Å²) in [5.74, 6) is -0.809. The first-order valence-corrected chi connectivity index (χ1v) is 4.90. The van der Waals surface area contributed by atoms with Crippen molar-refractivity contribution >= 4 is 11.8 Å². The highest BCUT2D eigenvalue weighted by atomic mass is 19.4. The second-order valence-corrected chi connectivity index (χ2v) is 3.25. The van der Waals surface area contributed by atoms with Crippen molar-refractivity contribution in [3.8, 4) is 0 Å². The summed E-state index contributed by atoms with van der Waals surface area (Å²) in [5.41, 5.74) is 5.48. The third-order valence-corrected chi connectivity index (χ3v) is 1.98. The molecule has 0 aliphatic rings. The maximum absolute atomic E-state index is 12.0. The van der Waals surface area contributed by atoms with Crippen LogP contribution in [0.1, 0.15) is 23.7 Å². The number of nitrogens with zero attached hydrogens (tertiary/aromatic N) is 2. The molecule has 96 valence electrons. The Morgan fingerprint density at radius 3 is 2.76 bits per heavy atom. The molecule has 17 heavy (non-hydrogen) atoms. The number of halogens is 3. The summed E-state index contributed by atoms with van der Waals surface area (Å²) in [6.45, 7) is 1.35. The number of hydrogen-bond donors (Lipinski definition) is 1. The average Bonchev–Trinajstić information content (AvgIpc) is 2.56. The number of rotatable bonds is 4. The Morgan fingerprint density at radius 2 is 2.24 bits per heavy atom. The molecule has 0 spiro atoms. The van der Waals surface area contributed by atoms with Gasteiger partial charge in [-0.3, -0.25) is 0 Å². The van der Waals surface area contributed by atoms with Gasteiger partial charge in [-0.2, -0.15) is 18.3 Å². The number of alkyl halides is 3. The van der Waals surface area contributed by atoms with Crippen LogP contribution in [-0.4, -0.2) is 28.5 Å². The van der Waals surface area contributed by atoms with Crippen LogP contribution in [0.2, 0.25) is 0 Å². The van der Waals surface area contributed by atoms with Gasteiger partial charge in [-0.05, 0) is 6.92 Å². The summed E-state index contributed by atoms with van der Waals surface area (Å²) in [7, 11) is 0. The number of ether oxygens (including phenoxy) is 1. The monoisotopic (exact) mass is 251 g/mol. The van der Waals surface area contributed by atoms with Crippen LogP contribution in [0.5, 0.6) is 0 Å². The fourth-order valence-electron chi connectivity index (χ4n) is 1.17. The molecule has 5 nitrogen and oxygen atoms in total. The summed E-state index contributed by atoms with van der Waals surface area (Å²) in [5, 5.41) is 3.61. The summed E-state index contributed by atoms with van der Waals surface area (Å²) < 4.78 is 41.6. The van der Waals surface area contributed by atoms with Crippen LogP contribution in [0.15, 0.2) is 6.20 Å². The highest BCUT2D eigenvalue weighted by Crippen LogP contribution is 2.21. The number of carbonyl (C=O) groups is 1. The molecule has 0 saturated carbocycles. The standard InChI is InChI=1S/C9H12F3N3O2/c1-2-17-8(16)6-5-14-15(7(6)13)4-3-9(10,11)12/h5H,2-4,13H2,1H3. The minimum absolute atomic E-state index is 0.0194. The van der Waals surface area contributed by atoms with Gasteiger partial charge in [-0.1, -0.05) is 0 Å². The van der Waals surface area contributed by atoms with E-state index >= 15 is 0 Å². The minimum atomic E-state index is -4.29. The van der Waals surface area contributed by atoms with Crippen LogP contribution >= 0.6 is 0 Å². The predicted molar refractivity (Wildman–Crippen MR) is 53.3 cm³/mol. The van der Waals surface area contributed by atoms with Gasteiger partial charge in [0.05, 0.1) is 25.8 Å². The topological polar surface area (TPSA) is 70.1 Å². The molecular weight excluding hydrogens is 239 g/mol. The molecule has 0 amide bonds. The molecule has 0 saturated heterocycles. The van der Waals surface area contributed by atoms with Crippen molar-refractivity contribution in [2.24, 2.45) is 0 Å². The number of aromatic nitrogens is 2. The van der Waals surface area contributed by atoms with E-state index in [9.17, 15) is 18.0 Å². The van der Waals surface area contributed by atoms with Gasteiger partial charge in [0.15, 0.2) is 0 Å². The fraction of sp³-hybridized carbons (Fsp3) is 0.556. The lowest BCUT2D eigenvalue weighted by molar-refractivity contribution is -0.137. The van der Waals surface area contributed by atoms with Gasteiger partial charge in [0.25, 0.3) is 0 Å². The Hall–Kier alpha value is -1.73. The van der Waals surface area contributed by atoms with Crippen LogP contribution in [0.3, 0.4) is 0 Å². The molecule has 0 aliphatic heterocycles. The molecule has 2 N–H and O–H groups in total. The zero-order valence-electron chi connectivity index (χ0n) is 9.12. The summed E-state index contributed by atoms with van der Waals surface area (Å²) in [4.78, 5) is 11.3. The number of carbonyl (C=O) groups excluding carboxylic acids is 1. The Morgan fingerprint density at radius 1 is 1.59 bits per heavy atom. The van der Waals surface area contributed by atoms with Crippen molar-refractivity contribution < 1.29 is 22.7 Å². The van der Waals surface area contributed by atoms with E-state index in [0.29, 0.717) is 0 Å². The number of nitrogen functional groups attached to an aromatic ring is 1. The van der Waals surface area contributed by atoms with Gasteiger partial charge < -0.3 is 10.5 Å². The molecule has 1 aromatic heterocycles. The Bertz CT molecular complexity index is 401. The summed E-state index contributed by atoms with van der Waals surface area (Å²) >= 11 is 0. The third kappa shape index (κ3) is 3.65. The highest BCUT2D eigenvalue weighted by molar-refractivity contribution is 5.93.